The Kier molecular flexibility index (Phi) is 3.73. The summed E-state index contributed by atoms with van der Waals surface area (Å²) in [6, 6.07) is 4.10. The molecule has 0 bridgehead atoms. The molecule has 0 atom stereocenters. The zero-order chi connectivity index (χ0) is 15.0. The largest absolute Gasteiger partial charge is 0.294 e. The maximum absolute atomic E-state index is 12.2. The van der Waals surface area contributed by atoms with E-state index in [9.17, 15) is 16.8 Å². The van der Waals surface area contributed by atoms with E-state index in [1.54, 1.807) is 0 Å². The molecule has 1 radical (unpaired) electrons. The maximum atomic E-state index is 12.2. The predicted molar refractivity (Wildman–Crippen MR) is 65.4 cm³/mol. The van der Waals surface area contributed by atoms with Crippen molar-refractivity contribution in [3.63, 3.8) is 0 Å². The van der Waals surface area contributed by atoms with Gasteiger partial charge in [0.05, 0.1) is 9.79 Å². The van der Waals surface area contributed by atoms with E-state index in [0.29, 0.717) is 0 Å². The summed E-state index contributed by atoms with van der Waals surface area (Å²) in [7, 11) is -8.73. The van der Waals surface area contributed by atoms with Crippen LogP contribution in [0.15, 0.2) is 39.2 Å². The average molecular weight is 335 g/mol. The van der Waals surface area contributed by atoms with Crippen LogP contribution in [0.1, 0.15) is 0 Å². The summed E-state index contributed by atoms with van der Waals surface area (Å²) in [5, 5.41) is -1.05. The van der Waals surface area contributed by atoms with Gasteiger partial charge in [-0.15, -0.1) is 0 Å². The van der Waals surface area contributed by atoms with E-state index in [4.69, 9.17) is 16.2 Å². The summed E-state index contributed by atoms with van der Waals surface area (Å²) in [6.07, 6.45) is 2.01. The fourth-order valence-corrected chi connectivity index (χ4v) is 3.15. The first-order valence-electron chi connectivity index (χ1n) is 4.81. The highest BCUT2D eigenvalue weighted by Crippen LogP contribution is 2.20. The molecule has 1 heterocycles. The van der Waals surface area contributed by atoms with Crippen LogP contribution < -0.4 is 0 Å². The van der Waals surface area contributed by atoms with Crippen molar-refractivity contribution >= 4 is 31.6 Å². The number of hydrogen-bond acceptors (Lipinski definition) is 7. The van der Waals surface area contributed by atoms with E-state index in [1.165, 1.54) is 0 Å². The van der Waals surface area contributed by atoms with E-state index in [-0.39, 0.29) is 5.28 Å². The zero-order valence-corrected chi connectivity index (χ0v) is 11.8. The average Bonchev–Trinajstić information content (AvgIpc) is 2.38. The summed E-state index contributed by atoms with van der Waals surface area (Å²) in [4.78, 5) is 9.11. The number of hydrogen-bond donors (Lipinski definition) is 1. The Morgan fingerprint density at radius 2 is 1.75 bits per heavy atom. The Balaban J connectivity index is 2.62. The number of aromatic nitrogens is 3. The van der Waals surface area contributed by atoms with Gasteiger partial charge in [-0.1, -0.05) is 6.07 Å². The molecule has 2 aromatic rings. The molecule has 20 heavy (non-hydrogen) atoms. The Morgan fingerprint density at radius 3 is 2.35 bits per heavy atom. The van der Waals surface area contributed by atoms with Gasteiger partial charge in [-0.2, -0.15) is 23.4 Å². The third kappa shape index (κ3) is 2.93. The molecule has 0 amide bonds. The molecule has 1 aromatic carbocycles. The van der Waals surface area contributed by atoms with Gasteiger partial charge in [0.1, 0.15) is 0 Å². The first-order valence-corrected chi connectivity index (χ1v) is 8.11. The third-order valence-corrected chi connectivity index (χ3v) is 4.69. The van der Waals surface area contributed by atoms with Gasteiger partial charge < -0.3 is 0 Å². The van der Waals surface area contributed by atoms with Gasteiger partial charge in [0, 0.05) is 0 Å². The fraction of sp³-hybridized carbons (Fsp3) is 0. The van der Waals surface area contributed by atoms with Crippen molar-refractivity contribution in [3.05, 3.63) is 35.9 Å². The fourth-order valence-electron chi connectivity index (χ4n) is 1.27. The van der Waals surface area contributed by atoms with Crippen LogP contribution in [0.4, 0.5) is 0 Å². The molecule has 0 spiro atoms. The van der Waals surface area contributed by atoms with Crippen molar-refractivity contribution in [2.75, 3.05) is 0 Å². The van der Waals surface area contributed by atoms with Gasteiger partial charge in [0.15, 0.2) is 0 Å². The normalized spacial score (nSPS) is 12.3. The summed E-state index contributed by atoms with van der Waals surface area (Å²) in [6.45, 7) is 0. The second-order valence-corrected chi connectivity index (χ2v) is 7.04. The van der Waals surface area contributed by atoms with E-state index < -0.39 is 34.9 Å². The van der Waals surface area contributed by atoms with E-state index in [1.807, 2.05) is 6.33 Å². The van der Waals surface area contributed by atoms with Gasteiger partial charge in [-0.05, 0) is 29.8 Å². The van der Waals surface area contributed by atoms with Crippen molar-refractivity contribution in [3.8, 4) is 0 Å². The molecule has 8 nitrogen and oxygen atoms in total. The smallest absolute Gasteiger partial charge is 0.282 e. The minimum Gasteiger partial charge on any atom is -0.282 e. The number of benzene rings is 1. The molecule has 0 aliphatic heterocycles. The predicted octanol–water partition coefficient (Wildman–Crippen LogP) is 0.405. The van der Waals surface area contributed by atoms with Crippen molar-refractivity contribution < 1.29 is 21.4 Å². The van der Waals surface area contributed by atoms with Gasteiger partial charge in [0.2, 0.25) is 21.4 Å². The van der Waals surface area contributed by atoms with Gasteiger partial charge in [-0.3, -0.25) is 4.55 Å². The SMILES string of the molecule is O=S(=O)(O)c1cccc(S(=O)(=O)c2n[c]nc(Cl)n2)c1. The molecular formula is C9H5ClN3O5S2. The second kappa shape index (κ2) is 5.05. The van der Waals surface area contributed by atoms with Crippen molar-refractivity contribution in [2.24, 2.45) is 0 Å². The lowest BCUT2D eigenvalue weighted by atomic mass is 10.4. The molecule has 0 fully saturated rings. The summed E-state index contributed by atoms with van der Waals surface area (Å²) in [5.74, 6) is 0. The minimum absolute atomic E-state index is 0.371. The van der Waals surface area contributed by atoms with E-state index >= 15 is 0 Å². The molecule has 0 saturated heterocycles. The first kappa shape index (κ1) is 14.8. The van der Waals surface area contributed by atoms with Gasteiger partial charge in [0.25, 0.3) is 15.3 Å². The summed E-state index contributed by atoms with van der Waals surface area (Å²) < 4.78 is 55.2. The topological polar surface area (TPSA) is 127 Å². The van der Waals surface area contributed by atoms with Crippen LogP contribution in [0.3, 0.4) is 0 Å². The molecule has 11 heteroatoms. The highest BCUT2D eigenvalue weighted by molar-refractivity contribution is 7.91. The lowest BCUT2D eigenvalue weighted by molar-refractivity contribution is 0.483. The number of nitrogens with zero attached hydrogens (tertiary/aromatic N) is 3. The van der Waals surface area contributed by atoms with E-state index in [0.717, 1.165) is 24.3 Å². The van der Waals surface area contributed by atoms with Crippen molar-refractivity contribution in [1.29, 1.82) is 0 Å². The maximum Gasteiger partial charge on any atom is 0.294 e. The molecular weight excluding hydrogens is 330 g/mol. The molecule has 0 aliphatic carbocycles. The highest BCUT2D eigenvalue weighted by atomic mass is 35.5. The van der Waals surface area contributed by atoms with Crippen molar-refractivity contribution in [2.45, 2.75) is 14.9 Å². The van der Waals surface area contributed by atoms with Crippen molar-refractivity contribution in [1.82, 2.24) is 15.0 Å². The molecule has 0 aliphatic rings. The Bertz CT molecular complexity index is 867. The Hall–Kier alpha value is -1.62. The number of rotatable bonds is 3. The number of halogens is 1. The molecule has 1 aromatic heterocycles. The Morgan fingerprint density at radius 1 is 1.10 bits per heavy atom. The first-order chi connectivity index (χ1) is 9.21. The minimum atomic E-state index is -4.53. The summed E-state index contributed by atoms with van der Waals surface area (Å²) in [5.41, 5.74) is 0. The molecule has 105 valence electrons. The van der Waals surface area contributed by atoms with Gasteiger partial charge >= 0.3 is 0 Å². The van der Waals surface area contributed by atoms with Crippen LogP contribution in [-0.4, -0.2) is 36.3 Å². The van der Waals surface area contributed by atoms with E-state index in [2.05, 4.69) is 15.0 Å². The molecule has 1 N–H and O–H groups in total. The lowest BCUT2D eigenvalue weighted by Gasteiger charge is -2.04. The molecule has 0 unspecified atom stereocenters. The van der Waals surface area contributed by atoms with Gasteiger partial charge in [-0.25, -0.2) is 8.42 Å². The monoisotopic (exact) mass is 334 g/mol. The second-order valence-electron chi connectivity index (χ2n) is 3.44. The van der Waals surface area contributed by atoms with Crippen LogP contribution in [0, 0.1) is 6.33 Å². The standard InChI is InChI=1S/C9H5ClN3O5S2/c10-8-11-5-12-9(13-8)19(14,15)6-2-1-3-7(4-6)20(16,17)18/h1-4H,(H,16,17,18). The molecule has 2 rings (SSSR count). The highest BCUT2D eigenvalue weighted by Gasteiger charge is 2.23. The van der Waals surface area contributed by atoms with Crippen LogP contribution in [0.25, 0.3) is 0 Å². The van der Waals surface area contributed by atoms with Crippen LogP contribution >= 0.6 is 11.6 Å². The third-order valence-electron chi connectivity index (χ3n) is 2.13. The zero-order valence-electron chi connectivity index (χ0n) is 9.43. The van der Waals surface area contributed by atoms with Crippen LogP contribution in [0.5, 0.6) is 0 Å². The lowest BCUT2D eigenvalue weighted by Crippen LogP contribution is -2.09. The number of sulfone groups is 1. The molecule has 0 saturated carbocycles. The summed E-state index contributed by atoms with van der Waals surface area (Å²) >= 11 is 5.45. The quantitative estimate of drug-likeness (QED) is 0.799. The van der Waals surface area contributed by atoms with Crippen LogP contribution in [0.2, 0.25) is 5.28 Å². The van der Waals surface area contributed by atoms with Crippen LogP contribution in [-0.2, 0) is 20.0 Å². The Labute approximate surface area is 119 Å².